The summed E-state index contributed by atoms with van der Waals surface area (Å²) in [6, 6.07) is 5.44. The van der Waals surface area contributed by atoms with E-state index in [1.807, 2.05) is 6.07 Å². The Morgan fingerprint density at radius 2 is 2.08 bits per heavy atom. The lowest BCUT2D eigenvalue weighted by Gasteiger charge is -2.32. The highest BCUT2D eigenvalue weighted by atomic mass is 16.8. The molecule has 9 nitrogen and oxygen atoms in total. The molecule has 1 aliphatic rings. The Balaban J connectivity index is 2.41. The van der Waals surface area contributed by atoms with E-state index in [-0.39, 0.29) is 17.7 Å². The normalized spacial score (nSPS) is 16.5. The summed E-state index contributed by atoms with van der Waals surface area (Å²) in [5, 5.41) is 20.8. The van der Waals surface area contributed by atoms with E-state index < -0.39 is 29.8 Å². The molecular weight excluding hydrogens is 330 g/mol. The summed E-state index contributed by atoms with van der Waals surface area (Å²) in [5.41, 5.74) is -0.153. The first-order valence-electron chi connectivity index (χ1n) is 7.38. The third kappa shape index (κ3) is 4.17. The second-order valence-corrected chi connectivity index (χ2v) is 6.32. The molecular formula is C16H17N3O6. The first-order chi connectivity index (χ1) is 11.6. The van der Waals surface area contributed by atoms with Crippen LogP contribution in [0.1, 0.15) is 31.9 Å². The number of benzene rings is 1. The zero-order chi connectivity index (χ0) is 18.8. The van der Waals surface area contributed by atoms with Gasteiger partial charge in [-0.05, 0) is 32.4 Å². The Bertz CT molecular complexity index is 762. The van der Waals surface area contributed by atoms with Gasteiger partial charge in [0.1, 0.15) is 23.4 Å². The molecule has 132 valence electrons. The Kier molecular flexibility index (Phi) is 4.83. The van der Waals surface area contributed by atoms with E-state index in [9.17, 15) is 19.6 Å². The molecule has 2 amide bonds. The van der Waals surface area contributed by atoms with Crippen molar-refractivity contribution >= 4 is 23.8 Å². The summed E-state index contributed by atoms with van der Waals surface area (Å²) in [4.78, 5) is 40.4. The van der Waals surface area contributed by atoms with Gasteiger partial charge in [-0.3, -0.25) is 9.63 Å². The number of anilines is 1. The highest BCUT2D eigenvalue weighted by molar-refractivity contribution is 6.02. The predicted molar refractivity (Wildman–Crippen MR) is 84.6 cm³/mol. The molecule has 1 aromatic carbocycles. The molecule has 1 atom stereocenters. The van der Waals surface area contributed by atoms with Crippen molar-refractivity contribution in [3.8, 4) is 6.07 Å². The number of nitrogens with zero attached hydrogens (tertiary/aromatic N) is 2. The summed E-state index contributed by atoms with van der Waals surface area (Å²) >= 11 is 0. The summed E-state index contributed by atoms with van der Waals surface area (Å²) in [5.74, 6) is -0.816. The third-order valence-electron chi connectivity index (χ3n) is 3.22. The zero-order valence-corrected chi connectivity index (χ0v) is 13.9. The van der Waals surface area contributed by atoms with Gasteiger partial charge in [-0.15, -0.1) is 5.06 Å². The van der Waals surface area contributed by atoms with E-state index in [0.29, 0.717) is 10.6 Å². The van der Waals surface area contributed by atoms with Crippen LogP contribution in [0.3, 0.4) is 0 Å². The number of fused-ring (bicyclic) bond motifs is 1. The van der Waals surface area contributed by atoms with Crippen LogP contribution in [0.25, 0.3) is 0 Å². The van der Waals surface area contributed by atoms with Crippen LogP contribution in [0.4, 0.5) is 15.3 Å². The van der Waals surface area contributed by atoms with Crippen molar-refractivity contribution in [2.45, 2.75) is 38.8 Å². The van der Waals surface area contributed by atoms with Crippen molar-refractivity contribution < 1.29 is 29.1 Å². The Morgan fingerprint density at radius 3 is 2.64 bits per heavy atom. The molecule has 0 aromatic heterocycles. The molecule has 0 saturated heterocycles. The van der Waals surface area contributed by atoms with E-state index in [0.717, 1.165) is 0 Å². The highest BCUT2D eigenvalue weighted by Crippen LogP contribution is 2.32. The van der Waals surface area contributed by atoms with Crippen molar-refractivity contribution in [1.29, 1.82) is 5.26 Å². The average molecular weight is 347 g/mol. The molecule has 0 fully saturated rings. The predicted octanol–water partition coefficient (Wildman–Crippen LogP) is 1.95. The summed E-state index contributed by atoms with van der Waals surface area (Å²) in [7, 11) is 0. The van der Waals surface area contributed by atoms with Crippen LogP contribution in [-0.4, -0.2) is 34.9 Å². The van der Waals surface area contributed by atoms with Crippen LogP contribution >= 0.6 is 0 Å². The van der Waals surface area contributed by atoms with Crippen LogP contribution in [-0.2, 0) is 20.8 Å². The lowest BCUT2D eigenvalue weighted by Crippen LogP contribution is -2.53. The number of rotatable bonds is 2. The average Bonchev–Trinajstić information content (AvgIpc) is 2.48. The van der Waals surface area contributed by atoms with Crippen LogP contribution in [0.2, 0.25) is 0 Å². The van der Waals surface area contributed by atoms with E-state index >= 15 is 0 Å². The van der Waals surface area contributed by atoms with Crippen molar-refractivity contribution in [2.75, 3.05) is 5.06 Å². The highest BCUT2D eigenvalue weighted by Gasteiger charge is 2.39. The van der Waals surface area contributed by atoms with Crippen LogP contribution < -0.4 is 10.4 Å². The van der Waals surface area contributed by atoms with Crippen LogP contribution in [0.15, 0.2) is 18.2 Å². The van der Waals surface area contributed by atoms with Gasteiger partial charge < -0.3 is 15.2 Å². The molecule has 2 N–H and O–H groups in total. The van der Waals surface area contributed by atoms with Gasteiger partial charge >= 0.3 is 12.2 Å². The van der Waals surface area contributed by atoms with E-state index in [4.69, 9.17) is 14.7 Å². The smallest absolute Gasteiger partial charge is 0.465 e. The number of ether oxygens (including phenoxy) is 1. The zero-order valence-electron chi connectivity index (χ0n) is 13.9. The molecule has 0 saturated carbocycles. The molecule has 0 bridgehead atoms. The molecule has 0 spiro atoms. The minimum absolute atomic E-state index is 0.0319. The van der Waals surface area contributed by atoms with Gasteiger partial charge in [0.05, 0.1) is 5.56 Å². The second-order valence-electron chi connectivity index (χ2n) is 6.32. The fourth-order valence-corrected chi connectivity index (χ4v) is 2.34. The molecule has 9 heteroatoms. The maximum absolute atomic E-state index is 12.6. The number of hydroxylamine groups is 1. The topological polar surface area (TPSA) is 129 Å². The van der Waals surface area contributed by atoms with Crippen molar-refractivity contribution in [3.05, 3.63) is 29.3 Å². The number of hydrogen-bond acceptors (Lipinski definition) is 6. The molecule has 25 heavy (non-hydrogen) atoms. The van der Waals surface area contributed by atoms with Gasteiger partial charge in [0.25, 0.3) is 5.91 Å². The summed E-state index contributed by atoms with van der Waals surface area (Å²) in [6.07, 6.45) is -2.50. The number of amides is 2. The fourth-order valence-electron chi connectivity index (χ4n) is 2.34. The molecule has 0 aliphatic carbocycles. The SMILES string of the molecule is CC(C)(C)OC(=O)ON1C(=O)C(NC(=O)O)Cc2cccc(C#N)c21. The molecule has 2 rings (SSSR count). The minimum atomic E-state index is -1.39. The van der Waals surface area contributed by atoms with Gasteiger partial charge in [-0.1, -0.05) is 12.1 Å². The van der Waals surface area contributed by atoms with Gasteiger partial charge in [0, 0.05) is 6.42 Å². The van der Waals surface area contributed by atoms with Crippen molar-refractivity contribution in [1.82, 2.24) is 5.32 Å². The van der Waals surface area contributed by atoms with Gasteiger partial charge in [-0.2, -0.15) is 5.26 Å². The van der Waals surface area contributed by atoms with Gasteiger partial charge in [-0.25, -0.2) is 9.59 Å². The Labute approximate surface area is 143 Å². The third-order valence-corrected chi connectivity index (χ3v) is 3.22. The molecule has 1 aliphatic heterocycles. The molecule has 1 unspecified atom stereocenters. The van der Waals surface area contributed by atoms with Crippen molar-refractivity contribution in [3.63, 3.8) is 0 Å². The number of para-hydroxylation sites is 1. The molecule has 1 aromatic rings. The maximum Gasteiger partial charge on any atom is 0.534 e. The number of nitriles is 1. The minimum Gasteiger partial charge on any atom is -0.465 e. The molecule has 1 heterocycles. The standard InChI is InChI=1S/C16H17N3O6/c1-16(2,3)24-15(23)25-19-12-9(5-4-6-10(12)8-17)7-11(13(19)20)18-14(21)22/h4-6,11,18H,7H2,1-3H3,(H,21,22). The monoisotopic (exact) mass is 347 g/mol. The number of carbonyl (C=O) groups excluding carboxylic acids is 2. The quantitative estimate of drug-likeness (QED) is 0.782. The maximum atomic E-state index is 12.6. The number of carboxylic acid groups (broad SMARTS) is 1. The fraction of sp³-hybridized carbons (Fsp3) is 0.375. The van der Waals surface area contributed by atoms with Gasteiger partial charge in [0.15, 0.2) is 0 Å². The summed E-state index contributed by atoms with van der Waals surface area (Å²) in [6.45, 7) is 4.86. The largest absolute Gasteiger partial charge is 0.534 e. The second kappa shape index (κ2) is 6.68. The van der Waals surface area contributed by atoms with Crippen LogP contribution in [0.5, 0.6) is 0 Å². The van der Waals surface area contributed by atoms with Gasteiger partial charge in [0.2, 0.25) is 0 Å². The first-order valence-corrected chi connectivity index (χ1v) is 7.38. The van der Waals surface area contributed by atoms with E-state index in [1.54, 1.807) is 32.9 Å². The number of hydrogen-bond donors (Lipinski definition) is 2. The van der Waals surface area contributed by atoms with E-state index in [2.05, 4.69) is 5.32 Å². The van der Waals surface area contributed by atoms with E-state index in [1.165, 1.54) is 6.07 Å². The number of nitrogens with one attached hydrogen (secondary N) is 1. The van der Waals surface area contributed by atoms with Crippen LogP contribution in [0, 0.1) is 11.3 Å². The Morgan fingerprint density at radius 1 is 1.40 bits per heavy atom. The number of carbonyl (C=O) groups is 3. The first kappa shape index (κ1) is 18.1. The lowest BCUT2D eigenvalue weighted by molar-refractivity contribution is -0.128. The molecule has 0 radical (unpaired) electrons. The lowest BCUT2D eigenvalue weighted by atomic mass is 9.96. The van der Waals surface area contributed by atoms with Crippen molar-refractivity contribution in [2.24, 2.45) is 0 Å². The summed E-state index contributed by atoms with van der Waals surface area (Å²) < 4.78 is 5.02. The Hall–Kier alpha value is -3.28.